The molecule has 0 aromatic heterocycles. The Kier molecular flexibility index (Phi) is 3.25. The van der Waals surface area contributed by atoms with Gasteiger partial charge in [0.05, 0.1) is 6.10 Å². The van der Waals surface area contributed by atoms with Gasteiger partial charge in [-0.05, 0) is 20.3 Å². The van der Waals surface area contributed by atoms with Crippen LogP contribution in [0.15, 0.2) is 0 Å². The van der Waals surface area contributed by atoms with Crippen LogP contribution in [0, 0.1) is 0 Å². The smallest absolute Gasteiger partial charge is 0.190 e. The van der Waals surface area contributed by atoms with Gasteiger partial charge in [-0.25, -0.2) is 0 Å². The quantitative estimate of drug-likeness (QED) is 0.736. The lowest BCUT2D eigenvalue weighted by Crippen LogP contribution is -2.40. The minimum Gasteiger partial charge on any atom is -0.390 e. The first-order valence-corrected chi connectivity index (χ1v) is 5.82. The molecule has 5 heteroatoms. The summed E-state index contributed by atoms with van der Waals surface area (Å²) in [6.07, 6.45) is -1.71. The van der Waals surface area contributed by atoms with E-state index in [1.165, 1.54) is 0 Å². The van der Waals surface area contributed by atoms with E-state index in [4.69, 9.17) is 14.2 Å². The highest BCUT2D eigenvalue weighted by Crippen LogP contribution is 2.38. The molecule has 0 saturated carbocycles. The molecule has 0 spiro atoms. The molecular formula is C11H20O5. The van der Waals surface area contributed by atoms with E-state index in [0.717, 1.165) is 6.42 Å². The average molecular weight is 232 g/mol. The zero-order chi connectivity index (χ0) is 11.9. The van der Waals surface area contributed by atoms with Crippen molar-refractivity contribution in [1.29, 1.82) is 0 Å². The minimum absolute atomic E-state index is 0.494. The van der Waals surface area contributed by atoms with Gasteiger partial charge in [0.1, 0.15) is 18.3 Å². The van der Waals surface area contributed by atoms with Crippen molar-refractivity contribution in [1.82, 2.24) is 0 Å². The monoisotopic (exact) mass is 232 g/mol. The highest BCUT2D eigenvalue weighted by molar-refractivity contribution is 4.95. The molecule has 0 aliphatic carbocycles. The van der Waals surface area contributed by atoms with Crippen LogP contribution in [0.25, 0.3) is 0 Å². The fourth-order valence-electron chi connectivity index (χ4n) is 2.29. The average Bonchev–Trinajstić information content (AvgIpc) is 2.62. The minimum atomic E-state index is -0.826. The molecule has 2 fully saturated rings. The molecule has 2 aliphatic rings. The first kappa shape index (κ1) is 12.3. The summed E-state index contributed by atoms with van der Waals surface area (Å²) in [4.78, 5) is 0. The number of aliphatic hydroxyl groups is 2. The van der Waals surface area contributed by atoms with E-state index in [-0.39, 0.29) is 0 Å². The Labute approximate surface area is 95.3 Å². The van der Waals surface area contributed by atoms with Gasteiger partial charge >= 0.3 is 0 Å². The topological polar surface area (TPSA) is 68.2 Å². The number of rotatable bonds is 3. The van der Waals surface area contributed by atoms with Crippen LogP contribution in [0.5, 0.6) is 0 Å². The Morgan fingerprint density at radius 1 is 1.31 bits per heavy atom. The summed E-state index contributed by atoms with van der Waals surface area (Å²) in [5.41, 5.74) is 0. The summed E-state index contributed by atoms with van der Waals surface area (Å²) in [5.74, 6) is -0.725. The molecule has 2 N–H and O–H groups in total. The third kappa shape index (κ3) is 2.10. The molecule has 94 valence electrons. The van der Waals surface area contributed by atoms with Crippen molar-refractivity contribution in [2.24, 2.45) is 0 Å². The largest absolute Gasteiger partial charge is 0.390 e. The highest BCUT2D eigenvalue weighted by atomic mass is 16.8. The van der Waals surface area contributed by atoms with Gasteiger partial charge in [0.15, 0.2) is 12.1 Å². The first-order valence-electron chi connectivity index (χ1n) is 5.82. The summed E-state index contributed by atoms with van der Waals surface area (Å²) in [6, 6.07) is 0. The van der Waals surface area contributed by atoms with Gasteiger partial charge in [-0.1, -0.05) is 13.3 Å². The molecule has 5 atom stereocenters. The van der Waals surface area contributed by atoms with Gasteiger partial charge in [-0.3, -0.25) is 0 Å². The second kappa shape index (κ2) is 4.23. The van der Waals surface area contributed by atoms with Gasteiger partial charge in [0, 0.05) is 0 Å². The third-order valence-corrected chi connectivity index (χ3v) is 3.02. The maximum Gasteiger partial charge on any atom is 0.190 e. The SMILES string of the molecule is CCC[C@@H](O)[C@H]1O[C@@H]2OC(C)(C)O[C@@H]2[C@H]1O. The number of hydrogen-bond acceptors (Lipinski definition) is 5. The van der Waals surface area contributed by atoms with Crippen LogP contribution in [-0.4, -0.2) is 46.7 Å². The Morgan fingerprint density at radius 3 is 2.56 bits per heavy atom. The van der Waals surface area contributed by atoms with E-state index >= 15 is 0 Å². The molecule has 2 aliphatic heterocycles. The summed E-state index contributed by atoms with van der Waals surface area (Å²) in [5, 5.41) is 19.8. The van der Waals surface area contributed by atoms with Crippen molar-refractivity contribution in [3.63, 3.8) is 0 Å². The summed E-state index contributed by atoms with van der Waals surface area (Å²) >= 11 is 0. The Balaban J connectivity index is 1.99. The zero-order valence-electron chi connectivity index (χ0n) is 9.92. The van der Waals surface area contributed by atoms with Crippen LogP contribution in [0.3, 0.4) is 0 Å². The van der Waals surface area contributed by atoms with Crippen molar-refractivity contribution < 1.29 is 24.4 Å². The lowest BCUT2D eigenvalue weighted by Gasteiger charge is -2.25. The zero-order valence-corrected chi connectivity index (χ0v) is 9.92. The molecule has 2 heterocycles. The Bertz CT molecular complexity index is 255. The second-order valence-corrected chi connectivity index (χ2v) is 4.92. The molecular weight excluding hydrogens is 212 g/mol. The fraction of sp³-hybridized carbons (Fsp3) is 1.00. The van der Waals surface area contributed by atoms with Gasteiger partial charge in [-0.2, -0.15) is 0 Å². The molecule has 0 amide bonds. The highest BCUT2D eigenvalue weighted by Gasteiger charge is 2.55. The van der Waals surface area contributed by atoms with Gasteiger partial charge in [0.25, 0.3) is 0 Å². The van der Waals surface area contributed by atoms with Gasteiger partial charge < -0.3 is 24.4 Å². The maximum atomic E-state index is 10.00. The number of ether oxygens (including phenoxy) is 3. The van der Waals surface area contributed by atoms with Crippen molar-refractivity contribution in [3.05, 3.63) is 0 Å². The summed E-state index contributed by atoms with van der Waals surface area (Å²) in [6.45, 7) is 5.53. The van der Waals surface area contributed by atoms with Crippen LogP contribution < -0.4 is 0 Å². The van der Waals surface area contributed by atoms with E-state index in [1.54, 1.807) is 13.8 Å². The second-order valence-electron chi connectivity index (χ2n) is 4.92. The summed E-state index contributed by atoms with van der Waals surface area (Å²) in [7, 11) is 0. The van der Waals surface area contributed by atoms with Gasteiger partial charge in [0.2, 0.25) is 0 Å². The van der Waals surface area contributed by atoms with Gasteiger partial charge in [-0.15, -0.1) is 0 Å². The molecule has 2 saturated heterocycles. The predicted octanol–water partition coefficient (Wildman–Crippen LogP) is 0.385. The molecule has 5 nitrogen and oxygen atoms in total. The van der Waals surface area contributed by atoms with Crippen molar-refractivity contribution in [2.75, 3.05) is 0 Å². The lowest BCUT2D eigenvalue weighted by molar-refractivity contribution is -0.226. The van der Waals surface area contributed by atoms with E-state index in [9.17, 15) is 10.2 Å². The van der Waals surface area contributed by atoms with Crippen molar-refractivity contribution in [2.45, 2.75) is 70.1 Å². The molecule has 0 radical (unpaired) electrons. The molecule has 0 aromatic carbocycles. The third-order valence-electron chi connectivity index (χ3n) is 3.02. The number of hydrogen-bond donors (Lipinski definition) is 2. The van der Waals surface area contributed by atoms with E-state index in [1.807, 2.05) is 6.92 Å². The van der Waals surface area contributed by atoms with Crippen LogP contribution in [0.4, 0.5) is 0 Å². The van der Waals surface area contributed by atoms with Crippen molar-refractivity contribution >= 4 is 0 Å². The molecule has 16 heavy (non-hydrogen) atoms. The predicted molar refractivity (Wildman–Crippen MR) is 55.6 cm³/mol. The van der Waals surface area contributed by atoms with Crippen LogP contribution in [-0.2, 0) is 14.2 Å². The molecule has 0 unspecified atom stereocenters. The normalized spacial score (nSPS) is 43.3. The Hall–Kier alpha value is -0.200. The van der Waals surface area contributed by atoms with E-state index < -0.39 is 36.5 Å². The molecule has 0 aromatic rings. The standard InChI is InChI=1S/C11H20O5/c1-4-5-6(12)8-7(13)9-10(14-8)16-11(2,3)15-9/h6-10,12-13H,4-5H2,1-3H3/t6-,7+,8-,9-,10-/m1/s1. The summed E-state index contributed by atoms with van der Waals surface area (Å²) < 4.78 is 16.5. The van der Waals surface area contributed by atoms with Crippen LogP contribution in [0.1, 0.15) is 33.6 Å². The fourth-order valence-corrected chi connectivity index (χ4v) is 2.29. The van der Waals surface area contributed by atoms with E-state index in [0.29, 0.717) is 6.42 Å². The van der Waals surface area contributed by atoms with Crippen LogP contribution >= 0.6 is 0 Å². The first-order chi connectivity index (χ1) is 7.44. The lowest BCUT2D eigenvalue weighted by atomic mass is 10.0. The van der Waals surface area contributed by atoms with Crippen molar-refractivity contribution in [3.8, 4) is 0 Å². The van der Waals surface area contributed by atoms with Crippen LogP contribution in [0.2, 0.25) is 0 Å². The van der Waals surface area contributed by atoms with E-state index in [2.05, 4.69) is 0 Å². The molecule has 2 rings (SSSR count). The maximum absolute atomic E-state index is 10.00. The Morgan fingerprint density at radius 2 is 2.00 bits per heavy atom. The number of aliphatic hydroxyl groups excluding tert-OH is 2. The number of fused-ring (bicyclic) bond motifs is 1. The molecule has 0 bridgehead atoms.